The number of benzene rings is 1. The highest BCUT2D eigenvalue weighted by atomic mass is 16.5. The van der Waals surface area contributed by atoms with E-state index in [9.17, 15) is 4.79 Å². The lowest BCUT2D eigenvalue weighted by atomic mass is 10.1. The molecule has 1 aromatic carbocycles. The molecule has 0 aliphatic heterocycles. The maximum atomic E-state index is 11.3. The summed E-state index contributed by atoms with van der Waals surface area (Å²) in [5, 5.41) is 3.28. The highest BCUT2D eigenvalue weighted by Gasteiger charge is 2.05. The van der Waals surface area contributed by atoms with Crippen LogP contribution < -0.4 is 5.32 Å². The van der Waals surface area contributed by atoms with Crippen molar-refractivity contribution in [1.82, 2.24) is 5.32 Å². The van der Waals surface area contributed by atoms with Gasteiger partial charge in [-0.25, -0.2) is 4.79 Å². The van der Waals surface area contributed by atoms with Crippen LogP contribution in [0.15, 0.2) is 35.9 Å². The molecule has 0 unspecified atom stereocenters. The molecule has 1 rings (SSSR count). The van der Waals surface area contributed by atoms with Crippen LogP contribution in [0.5, 0.6) is 0 Å². The molecule has 0 fully saturated rings. The lowest BCUT2D eigenvalue weighted by molar-refractivity contribution is -0.136. The molecule has 1 N–H and O–H groups in total. The molecule has 0 amide bonds. The number of nitrogens with one attached hydrogen (secondary N) is 1. The maximum Gasteiger partial charge on any atom is 0.333 e. The number of aryl methyl sites for hydroxylation is 1. The number of rotatable bonds is 6. The number of hydrogen-bond acceptors (Lipinski definition) is 3. The van der Waals surface area contributed by atoms with Gasteiger partial charge in [-0.1, -0.05) is 42.8 Å². The first-order valence-corrected chi connectivity index (χ1v) is 6.21. The SMILES string of the molecule is CC/C(=C/CNCc1ccc(C)cc1)C(=O)OC. The Morgan fingerprint density at radius 2 is 2.00 bits per heavy atom. The summed E-state index contributed by atoms with van der Waals surface area (Å²) in [6.07, 6.45) is 2.58. The van der Waals surface area contributed by atoms with Gasteiger partial charge in [0.05, 0.1) is 7.11 Å². The molecule has 0 saturated carbocycles. The van der Waals surface area contributed by atoms with Gasteiger partial charge in [0, 0.05) is 18.7 Å². The van der Waals surface area contributed by atoms with E-state index in [4.69, 9.17) is 4.74 Å². The number of carbonyl (C=O) groups excluding carboxylic acids is 1. The third-order valence-electron chi connectivity index (χ3n) is 2.77. The third-order valence-corrected chi connectivity index (χ3v) is 2.77. The number of methoxy groups -OCH3 is 1. The largest absolute Gasteiger partial charge is 0.466 e. The van der Waals surface area contributed by atoms with Gasteiger partial charge in [-0.15, -0.1) is 0 Å². The van der Waals surface area contributed by atoms with Gasteiger partial charge in [0.2, 0.25) is 0 Å². The molecule has 18 heavy (non-hydrogen) atoms. The van der Waals surface area contributed by atoms with Crippen LogP contribution in [0.2, 0.25) is 0 Å². The van der Waals surface area contributed by atoms with Crippen molar-refractivity contribution in [2.75, 3.05) is 13.7 Å². The van der Waals surface area contributed by atoms with E-state index < -0.39 is 0 Å². The fourth-order valence-corrected chi connectivity index (χ4v) is 1.62. The van der Waals surface area contributed by atoms with E-state index in [1.165, 1.54) is 18.2 Å². The standard InChI is InChI=1S/C15H21NO2/c1-4-14(15(17)18-3)9-10-16-11-13-7-5-12(2)6-8-13/h5-9,16H,4,10-11H2,1-3H3/b14-9-. The van der Waals surface area contributed by atoms with Crippen molar-refractivity contribution >= 4 is 5.97 Å². The normalized spacial score (nSPS) is 11.4. The van der Waals surface area contributed by atoms with Crippen LogP contribution in [0, 0.1) is 6.92 Å². The van der Waals surface area contributed by atoms with Crippen molar-refractivity contribution < 1.29 is 9.53 Å². The van der Waals surface area contributed by atoms with Gasteiger partial charge in [0.15, 0.2) is 0 Å². The summed E-state index contributed by atoms with van der Waals surface area (Å²) in [6.45, 7) is 5.49. The van der Waals surface area contributed by atoms with E-state index >= 15 is 0 Å². The first-order chi connectivity index (χ1) is 8.67. The highest BCUT2D eigenvalue weighted by molar-refractivity contribution is 5.88. The summed E-state index contributed by atoms with van der Waals surface area (Å²) >= 11 is 0. The number of ether oxygens (including phenoxy) is 1. The Morgan fingerprint density at radius 3 is 2.56 bits per heavy atom. The van der Waals surface area contributed by atoms with Gasteiger partial charge in [-0.2, -0.15) is 0 Å². The van der Waals surface area contributed by atoms with Gasteiger partial charge in [0.25, 0.3) is 0 Å². The van der Waals surface area contributed by atoms with Gasteiger partial charge >= 0.3 is 5.97 Å². The van der Waals surface area contributed by atoms with Crippen LogP contribution in [0.4, 0.5) is 0 Å². The Kier molecular flexibility index (Phi) is 6.15. The highest BCUT2D eigenvalue weighted by Crippen LogP contribution is 2.04. The predicted molar refractivity (Wildman–Crippen MR) is 73.3 cm³/mol. The van der Waals surface area contributed by atoms with Crippen molar-refractivity contribution in [1.29, 1.82) is 0 Å². The zero-order valence-corrected chi connectivity index (χ0v) is 11.3. The molecule has 98 valence electrons. The van der Waals surface area contributed by atoms with Crippen molar-refractivity contribution in [3.8, 4) is 0 Å². The van der Waals surface area contributed by atoms with Crippen LogP contribution >= 0.6 is 0 Å². The molecule has 0 aliphatic rings. The molecule has 0 radical (unpaired) electrons. The molecule has 0 bridgehead atoms. The van der Waals surface area contributed by atoms with E-state index in [1.807, 2.05) is 13.0 Å². The first kappa shape index (κ1) is 14.5. The molecule has 0 saturated heterocycles. The van der Waals surface area contributed by atoms with Crippen LogP contribution in [0.3, 0.4) is 0 Å². The molecular weight excluding hydrogens is 226 g/mol. The average molecular weight is 247 g/mol. The number of carbonyl (C=O) groups is 1. The lowest BCUT2D eigenvalue weighted by Gasteiger charge is -2.05. The molecule has 0 spiro atoms. The van der Waals surface area contributed by atoms with E-state index in [0.29, 0.717) is 18.5 Å². The van der Waals surface area contributed by atoms with Crippen molar-refractivity contribution in [2.45, 2.75) is 26.8 Å². The van der Waals surface area contributed by atoms with Crippen molar-refractivity contribution in [3.05, 3.63) is 47.0 Å². The number of hydrogen-bond donors (Lipinski definition) is 1. The summed E-state index contributed by atoms with van der Waals surface area (Å²) in [4.78, 5) is 11.3. The molecule has 0 heterocycles. The second kappa shape index (κ2) is 7.67. The molecule has 3 nitrogen and oxygen atoms in total. The Labute approximate surface area is 109 Å². The second-order valence-electron chi connectivity index (χ2n) is 4.19. The average Bonchev–Trinajstić information content (AvgIpc) is 2.40. The number of esters is 1. The zero-order chi connectivity index (χ0) is 13.4. The maximum absolute atomic E-state index is 11.3. The monoisotopic (exact) mass is 247 g/mol. The molecule has 0 aromatic heterocycles. The molecule has 0 aliphatic carbocycles. The Balaban J connectivity index is 2.39. The van der Waals surface area contributed by atoms with Crippen LogP contribution in [-0.2, 0) is 16.1 Å². The van der Waals surface area contributed by atoms with Crippen LogP contribution in [0.1, 0.15) is 24.5 Å². The minimum Gasteiger partial charge on any atom is -0.466 e. The Bertz CT molecular complexity index is 407. The summed E-state index contributed by atoms with van der Waals surface area (Å²) < 4.78 is 4.70. The van der Waals surface area contributed by atoms with Crippen LogP contribution in [-0.4, -0.2) is 19.6 Å². The summed E-state index contributed by atoms with van der Waals surface area (Å²) in [7, 11) is 1.41. The van der Waals surface area contributed by atoms with Crippen molar-refractivity contribution in [2.24, 2.45) is 0 Å². The minimum atomic E-state index is -0.241. The van der Waals surface area contributed by atoms with Crippen LogP contribution in [0.25, 0.3) is 0 Å². The van der Waals surface area contributed by atoms with E-state index in [-0.39, 0.29) is 5.97 Å². The summed E-state index contributed by atoms with van der Waals surface area (Å²) in [5.41, 5.74) is 3.22. The third kappa shape index (κ3) is 4.72. The summed E-state index contributed by atoms with van der Waals surface area (Å²) in [6, 6.07) is 8.40. The van der Waals surface area contributed by atoms with E-state index in [0.717, 1.165) is 6.54 Å². The van der Waals surface area contributed by atoms with E-state index in [2.05, 4.69) is 36.5 Å². The fraction of sp³-hybridized carbons (Fsp3) is 0.400. The first-order valence-electron chi connectivity index (χ1n) is 6.21. The lowest BCUT2D eigenvalue weighted by Crippen LogP contribution is -2.15. The molecular formula is C15H21NO2. The van der Waals surface area contributed by atoms with Gasteiger partial charge < -0.3 is 10.1 Å². The van der Waals surface area contributed by atoms with Gasteiger partial charge in [0.1, 0.15) is 0 Å². The van der Waals surface area contributed by atoms with Crippen molar-refractivity contribution in [3.63, 3.8) is 0 Å². The Hall–Kier alpha value is -1.61. The fourth-order valence-electron chi connectivity index (χ4n) is 1.62. The second-order valence-corrected chi connectivity index (χ2v) is 4.19. The quantitative estimate of drug-likeness (QED) is 0.477. The summed E-state index contributed by atoms with van der Waals surface area (Å²) in [5.74, 6) is -0.241. The van der Waals surface area contributed by atoms with Gasteiger partial charge in [-0.3, -0.25) is 0 Å². The minimum absolute atomic E-state index is 0.241. The Morgan fingerprint density at radius 1 is 1.33 bits per heavy atom. The zero-order valence-electron chi connectivity index (χ0n) is 11.3. The van der Waals surface area contributed by atoms with E-state index in [1.54, 1.807) is 0 Å². The molecule has 1 aromatic rings. The topological polar surface area (TPSA) is 38.3 Å². The molecule has 3 heteroatoms. The van der Waals surface area contributed by atoms with Gasteiger partial charge in [-0.05, 0) is 18.9 Å². The predicted octanol–water partition coefficient (Wildman–Crippen LogP) is 2.59. The molecule has 0 atom stereocenters. The smallest absolute Gasteiger partial charge is 0.333 e.